The van der Waals surface area contributed by atoms with Crippen LogP contribution in [0.25, 0.3) is 0 Å². The van der Waals surface area contributed by atoms with E-state index in [0.717, 1.165) is 11.3 Å². The van der Waals surface area contributed by atoms with Gasteiger partial charge in [-0.2, -0.15) is 0 Å². The summed E-state index contributed by atoms with van der Waals surface area (Å²) in [6.45, 7) is 9.49. The molecule has 0 radical (unpaired) electrons. The number of carbonyl (C=O) groups excluding carboxylic acids is 2. The van der Waals surface area contributed by atoms with Crippen LogP contribution in [0.1, 0.15) is 50.0 Å². The van der Waals surface area contributed by atoms with Crippen LogP contribution in [0.5, 0.6) is 0 Å². The summed E-state index contributed by atoms with van der Waals surface area (Å²) in [6.07, 6.45) is 0.455. The average Bonchev–Trinajstić information content (AvgIpc) is 2.18. The van der Waals surface area contributed by atoms with Crippen molar-refractivity contribution in [2.45, 2.75) is 41.0 Å². The van der Waals surface area contributed by atoms with E-state index in [9.17, 15) is 9.59 Å². The van der Waals surface area contributed by atoms with Gasteiger partial charge < -0.3 is 5.32 Å². The van der Waals surface area contributed by atoms with E-state index in [0.29, 0.717) is 12.0 Å². The second kappa shape index (κ2) is 5.34. The zero-order chi connectivity index (χ0) is 13.9. The van der Waals surface area contributed by atoms with Gasteiger partial charge in [-0.05, 0) is 30.9 Å². The van der Waals surface area contributed by atoms with E-state index in [4.69, 9.17) is 0 Å². The molecule has 0 aliphatic carbocycles. The lowest BCUT2D eigenvalue weighted by molar-refractivity contribution is -0.117. The minimum absolute atomic E-state index is 0.00122. The molecular formula is C15H21NO2. The highest BCUT2D eigenvalue weighted by molar-refractivity contribution is 5.97. The third-order valence-electron chi connectivity index (χ3n) is 2.61. The zero-order valence-corrected chi connectivity index (χ0v) is 11.8. The molecular weight excluding hydrogens is 226 g/mol. The molecule has 3 nitrogen and oxygen atoms in total. The van der Waals surface area contributed by atoms with Crippen LogP contribution in [0.2, 0.25) is 0 Å². The molecule has 0 heterocycles. The van der Waals surface area contributed by atoms with E-state index in [1.807, 2.05) is 33.8 Å². The van der Waals surface area contributed by atoms with Crippen LogP contribution >= 0.6 is 0 Å². The minimum atomic E-state index is -0.0455. The van der Waals surface area contributed by atoms with Crippen LogP contribution in [0.15, 0.2) is 18.2 Å². The van der Waals surface area contributed by atoms with Crippen LogP contribution in [0, 0.1) is 12.3 Å². The van der Waals surface area contributed by atoms with Crippen molar-refractivity contribution in [2.75, 3.05) is 5.32 Å². The van der Waals surface area contributed by atoms with Gasteiger partial charge in [0.05, 0.1) is 0 Å². The SMILES string of the molecule is CC(=O)c1ccc(C)c(NC(=O)CC(C)(C)C)c1. The molecule has 1 N–H and O–H groups in total. The monoisotopic (exact) mass is 247 g/mol. The molecule has 0 spiro atoms. The number of benzene rings is 1. The van der Waals surface area contributed by atoms with E-state index < -0.39 is 0 Å². The summed E-state index contributed by atoms with van der Waals surface area (Å²) in [5.74, 6) is -0.0207. The van der Waals surface area contributed by atoms with Crippen molar-refractivity contribution in [3.8, 4) is 0 Å². The van der Waals surface area contributed by atoms with Crippen molar-refractivity contribution in [1.29, 1.82) is 0 Å². The second-order valence-electron chi connectivity index (χ2n) is 5.87. The molecule has 0 saturated heterocycles. The third-order valence-corrected chi connectivity index (χ3v) is 2.61. The van der Waals surface area contributed by atoms with Crippen molar-refractivity contribution in [3.63, 3.8) is 0 Å². The number of hydrogen-bond acceptors (Lipinski definition) is 2. The van der Waals surface area contributed by atoms with E-state index >= 15 is 0 Å². The summed E-state index contributed by atoms with van der Waals surface area (Å²) in [5, 5.41) is 2.87. The van der Waals surface area contributed by atoms with Gasteiger partial charge in [-0.1, -0.05) is 32.9 Å². The fourth-order valence-corrected chi connectivity index (χ4v) is 1.65. The number of rotatable bonds is 3. The van der Waals surface area contributed by atoms with Crippen LogP contribution in [0.4, 0.5) is 5.69 Å². The highest BCUT2D eigenvalue weighted by Crippen LogP contribution is 2.22. The first kappa shape index (κ1) is 14.4. The molecule has 0 aromatic heterocycles. The molecule has 1 amide bonds. The van der Waals surface area contributed by atoms with Gasteiger partial charge in [-0.3, -0.25) is 9.59 Å². The van der Waals surface area contributed by atoms with Gasteiger partial charge in [0.15, 0.2) is 5.78 Å². The predicted molar refractivity (Wildman–Crippen MR) is 73.9 cm³/mol. The molecule has 1 rings (SSSR count). The lowest BCUT2D eigenvalue weighted by Crippen LogP contribution is -2.20. The fraction of sp³-hybridized carbons (Fsp3) is 0.467. The summed E-state index contributed by atoms with van der Waals surface area (Å²) in [6, 6.07) is 5.36. The van der Waals surface area contributed by atoms with E-state index in [2.05, 4.69) is 5.32 Å². The summed E-state index contributed by atoms with van der Waals surface area (Å²) in [4.78, 5) is 23.2. The normalized spacial score (nSPS) is 11.2. The highest BCUT2D eigenvalue weighted by Gasteiger charge is 2.16. The summed E-state index contributed by atoms with van der Waals surface area (Å²) in [5.41, 5.74) is 2.25. The molecule has 98 valence electrons. The standard InChI is InChI=1S/C15H21NO2/c1-10-6-7-12(11(2)17)8-13(10)16-14(18)9-15(3,4)5/h6-8H,9H2,1-5H3,(H,16,18). The number of hydrogen-bond donors (Lipinski definition) is 1. The first-order valence-corrected chi connectivity index (χ1v) is 6.10. The smallest absolute Gasteiger partial charge is 0.224 e. The zero-order valence-electron chi connectivity index (χ0n) is 11.8. The summed E-state index contributed by atoms with van der Waals surface area (Å²) >= 11 is 0. The number of carbonyl (C=O) groups is 2. The molecule has 0 bridgehead atoms. The topological polar surface area (TPSA) is 46.2 Å². The number of nitrogens with one attached hydrogen (secondary N) is 1. The van der Waals surface area contributed by atoms with Crippen LogP contribution in [-0.2, 0) is 4.79 Å². The van der Waals surface area contributed by atoms with Crippen molar-refractivity contribution >= 4 is 17.4 Å². The first-order valence-electron chi connectivity index (χ1n) is 6.10. The Morgan fingerprint density at radius 2 is 1.83 bits per heavy atom. The molecule has 0 fully saturated rings. The minimum Gasteiger partial charge on any atom is -0.326 e. The highest BCUT2D eigenvalue weighted by atomic mass is 16.1. The Bertz CT molecular complexity index is 470. The Morgan fingerprint density at radius 3 is 2.33 bits per heavy atom. The Morgan fingerprint density at radius 1 is 1.22 bits per heavy atom. The van der Waals surface area contributed by atoms with E-state index in [1.165, 1.54) is 6.92 Å². The molecule has 0 saturated carbocycles. The Hall–Kier alpha value is -1.64. The number of aryl methyl sites for hydroxylation is 1. The van der Waals surface area contributed by atoms with Crippen molar-refractivity contribution in [1.82, 2.24) is 0 Å². The van der Waals surface area contributed by atoms with Gasteiger partial charge >= 0.3 is 0 Å². The van der Waals surface area contributed by atoms with Crippen LogP contribution in [0.3, 0.4) is 0 Å². The van der Waals surface area contributed by atoms with Gasteiger partial charge in [0.1, 0.15) is 0 Å². The van der Waals surface area contributed by atoms with Gasteiger partial charge in [0, 0.05) is 17.7 Å². The molecule has 0 aliphatic heterocycles. The van der Waals surface area contributed by atoms with Crippen molar-refractivity contribution < 1.29 is 9.59 Å². The fourth-order valence-electron chi connectivity index (χ4n) is 1.65. The Labute approximate surface area is 109 Å². The Kier molecular flexibility index (Phi) is 4.28. The van der Waals surface area contributed by atoms with E-state index in [-0.39, 0.29) is 17.1 Å². The quantitative estimate of drug-likeness (QED) is 0.830. The maximum absolute atomic E-state index is 11.9. The average molecular weight is 247 g/mol. The van der Waals surface area contributed by atoms with E-state index in [1.54, 1.807) is 12.1 Å². The lowest BCUT2D eigenvalue weighted by Gasteiger charge is -2.18. The Balaban J connectivity index is 2.87. The van der Waals surface area contributed by atoms with Gasteiger partial charge in [0.2, 0.25) is 5.91 Å². The van der Waals surface area contributed by atoms with Gasteiger partial charge in [-0.15, -0.1) is 0 Å². The number of amides is 1. The number of ketones is 1. The molecule has 1 aromatic rings. The molecule has 0 aliphatic rings. The summed E-state index contributed by atoms with van der Waals surface area (Å²) in [7, 11) is 0. The first-order chi connectivity index (χ1) is 8.19. The van der Waals surface area contributed by atoms with Gasteiger partial charge in [0.25, 0.3) is 0 Å². The second-order valence-corrected chi connectivity index (χ2v) is 5.87. The molecule has 3 heteroatoms. The largest absolute Gasteiger partial charge is 0.326 e. The maximum atomic E-state index is 11.9. The molecule has 0 unspecified atom stereocenters. The maximum Gasteiger partial charge on any atom is 0.224 e. The molecule has 0 atom stereocenters. The van der Waals surface area contributed by atoms with Crippen molar-refractivity contribution in [3.05, 3.63) is 29.3 Å². The lowest BCUT2D eigenvalue weighted by atomic mass is 9.92. The van der Waals surface area contributed by atoms with Crippen LogP contribution in [-0.4, -0.2) is 11.7 Å². The predicted octanol–water partition coefficient (Wildman–Crippen LogP) is 3.57. The van der Waals surface area contributed by atoms with Crippen molar-refractivity contribution in [2.24, 2.45) is 5.41 Å². The molecule has 18 heavy (non-hydrogen) atoms. The van der Waals surface area contributed by atoms with Crippen LogP contribution < -0.4 is 5.32 Å². The summed E-state index contributed by atoms with van der Waals surface area (Å²) < 4.78 is 0. The van der Waals surface area contributed by atoms with Gasteiger partial charge in [-0.25, -0.2) is 0 Å². The molecule has 1 aromatic carbocycles. The third kappa shape index (κ3) is 4.32. The number of Topliss-reactive ketones (excluding diaryl/α,β-unsaturated/α-hetero) is 1. The number of anilines is 1.